The third kappa shape index (κ3) is 8.76. The van der Waals surface area contributed by atoms with Gasteiger partial charge in [0.15, 0.2) is 17.4 Å². The van der Waals surface area contributed by atoms with Gasteiger partial charge < -0.3 is 56.1 Å². The Morgan fingerprint density at radius 1 is 1.11 bits per heavy atom. The summed E-state index contributed by atoms with van der Waals surface area (Å²) in [4.78, 5) is 78.2. The van der Waals surface area contributed by atoms with Crippen molar-refractivity contribution in [1.29, 1.82) is 0 Å². The average molecular weight is 910 g/mol. The molecule has 300 valence electrons. The number of nitrogen functional groups attached to an aromatic ring is 1. The van der Waals surface area contributed by atoms with Gasteiger partial charge in [0.05, 0.1) is 30.7 Å². The Labute approximate surface area is 337 Å². The van der Waals surface area contributed by atoms with Gasteiger partial charge in [0, 0.05) is 68.1 Å². The van der Waals surface area contributed by atoms with Crippen LogP contribution < -0.4 is 42.8 Å². The smallest absolute Gasteiger partial charge is 0.280 e. The minimum absolute atomic E-state index is 0.0283. The average Bonchev–Trinajstić information content (AvgIpc) is 3.73. The molecule has 4 atom stereocenters. The molecule has 2 aromatic carbocycles. The molecule has 2 fully saturated rings. The van der Waals surface area contributed by atoms with E-state index in [1.807, 2.05) is 18.0 Å². The summed E-state index contributed by atoms with van der Waals surface area (Å²) in [5.41, 5.74) is 4.45. The zero-order valence-corrected chi connectivity index (χ0v) is 33.2. The SMILES string of the molecule is COc1cc(Cl)c(I)cc1NCC(=O)N1CCN(C(=O)C=CCN(C)CCNc2c(NC[C@H]3O[C@@H](n4cnc5c(=O)[nH]c(N)nc54)[C@H](O)[C@@H]3O)c(=O)c2=O)CC1. The molecular weight excluding hydrogens is 869 g/mol. The summed E-state index contributed by atoms with van der Waals surface area (Å²) in [7, 11) is 3.37. The lowest BCUT2D eigenvalue weighted by Crippen LogP contribution is -2.51. The summed E-state index contributed by atoms with van der Waals surface area (Å²) in [6, 6.07) is 3.50. The molecular formula is C34H41ClIN11O9. The number of anilines is 4. The number of nitrogens with two attached hydrogens (primary N) is 1. The monoisotopic (exact) mass is 909 g/mol. The molecule has 6 rings (SSSR count). The zero-order chi connectivity index (χ0) is 40.3. The number of hydrogen-bond donors (Lipinski definition) is 7. The van der Waals surface area contributed by atoms with Gasteiger partial charge in [0.25, 0.3) is 16.4 Å². The summed E-state index contributed by atoms with van der Waals surface area (Å²) < 4.78 is 13.3. The molecule has 2 aromatic heterocycles. The Balaban J connectivity index is 0.908. The number of hydrogen-bond acceptors (Lipinski definition) is 16. The Bertz CT molecular complexity index is 2250. The van der Waals surface area contributed by atoms with Crippen LogP contribution in [0.5, 0.6) is 5.75 Å². The third-order valence-electron chi connectivity index (χ3n) is 9.54. The van der Waals surface area contributed by atoms with E-state index in [0.29, 0.717) is 62.3 Å². The number of benzene rings is 1. The summed E-state index contributed by atoms with van der Waals surface area (Å²) in [5.74, 6) is 0.118. The number of carbonyl (C=O) groups excluding carboxylic acids is 2. The van der Waals surface area contributed by atoms with Crippen molar-refractivity contribution >= 4 is 80.2 Å². The minimum atomic E-state index is -1.43. The number of aliphatic hydroxyl groups excluding tert-OH is 2. The Kier molecular flexibility index (Phi) is 12.8. The number of nitrogens with zero attached hydrogens (tertiary/aromatic N) is 6. The molecule has 0 saturated carbocycles. The zero-order valence-electron chi connectivity index (χ0n) is 30.3. The lowest BCUT2D eigenvalue weighted by atomic mass is 10.1. The van der Waals surface area contributed by atoms with E-state index < -0.39 is 41.0 Å². The third-order valence-corrected chi connectivity index (χ3v) is 11.1. The van der Waals surface area contributed by atoms with Crippen molar-refractivity contribution in [1.82, 2.24) is 34.2 Å². The Hall–Kier alpha value is -4.81. The molecule has 8 N–H and O–H groups in total. The van der Waals surface area contributed by atoms with E-state index in [1.165, 1.54) is 24.1 Å². The van der Waals surface area contributed by atoms with Gasteiger partial charge in [-0.2, -0.15) is 4.98 Å². The Morgan fingerprint density at radius 2 is 1.80 bits per heavy atom. The summed E-state index contributed by atoms with van der Waals surface area (Å²) in [6.07, 6.45) is -0.519. The molecule has 56 heavy (non-hydrogen) atoms. The number of fused-ring (bicyclic) bond motifs is 1. The molecule has 0 aliphatic carbocycles. The van der Waals surface area contributed by atoms with Crippen LogP contribution in [-0.4, -0.2) is 148 Å². The maximum Gasteiger partial charge on any atom is 0.280 e. The highest BCUT2D eigenvalue weighted by atomic mass is 127. The van der Waals surface area contributed by atoms with E-state index in [9.17, 15) is 34.2 Å². The second-order valence-electron chi connectivity index (χ2n) is 13.2. The highest BCUT2D eigenvalue weighted by molar-refractivity contribution is 14.1. The molecule has 20 nitrogen and oxygen atoms in total. The fourth-order valence-corrected chi connectivity index (χ4v) is 7.01. The van der Waals surface area contributed by atoms with Crippen molar-refractivity contribution in [3.05, 3.63) is 70.0 Å². The van der Waals surface area contributed by atoms with Crippen molar-refractivity contribution in [3.63, 3.8) is 0 Å². The topological polar surface area (TPSA) is 263 Å². The molecule has 22 heteroatoms. The molecule has 0 unspecified atom stereocenters. The number of aromatic nitrogens is 4. The number of ether oxygens (including phenoxy) is 2. The number of amides is 2. The van der Waals surface area contributed by atoms with Gasteiger partial charge in [-0.25, -0.2) is 4.98 Å². The van der Waals surface area contributed by atoms with Crippen LogP contribution in [-0.2, 0) is 14.3 Å². The molecule has 4 heterocycles. The van der Waals surface area contributed by atoms with Crippen molar-refractivity contribution in [2.45, 2.75) is 24.5 Å². The quantitative estimate of drug-likeness (QED) is 0.0428. The number of piperazine rings is 1. The van der Waals surface area contributed by atoms with Gasteiger partial charge in [0.2, 0.25) is 17.8 Å². The van der Waals surface area contributed by atoms with E-state index >= 15 is 0 Å². The van der Waals surface area contributed by atoms with E-state index in [4.69, 9.17) is 26.8 Å². The largest absolute Gasteiger partial charge is 0.495 e. The molecule has 2 aliphatic heterocycles. The minimum Gasteiger partial charge on any atom is -0.495 e. The van der Waals surface area contributed by atoms with Gasteiger partial charge in [-0.15, -0.1) is 0 Å². The first kappa shape index (κ1) is 40.8. The number of H-pyrrole nitrogens is 1. The lowest BCUT2D eigenvalue weighted by Gasteiger charge is -2.34. The maximum atomic E-state index is 12.8. The second kappa shape index (κ2) is 17.5. The first-order chi connectivity index (χ1) is 26.8. The van der Waals surface area contributed by atoms with Crippen LogP contribution in [0.1, 0.15) is 6.23 Å². The first-order valence-corrected chi connectivity index (χ1v) is 19.0. The van der Waals surface area contributed by atoms with E-state index in [-0.39, 0.29) is 53.4 Å². The van der Waals surface area contributed by atoms with Gasteiger partial charge >= 0.3 is 0 Å². The van der Waals surface area contributed by atoms with Gasteiger partial charge in [-0.1, -0.05) is 17.7 Å². The van der Waals surface area contributed by atoms with Crippen LogP contribution in [0.3, 0.4) is 0 Å². The van der Waals surface area contributed by atoms with Crippen LogP contribution in [0.2, 0.25) is 5.02 Å². The van der Waals surface area contributed by atoms with Crippen molar-refractivity contribution < 1.29 is 29.3 Å². The molecule has 0 spiro atoms. The van der Waals surface area contributed by atoms with Gasteiger partial charge in [-0.05, 0) is 35.7 Å². The highest BCUT2D eigenvalue weighted by Crippen LogP contribution is 2.33. The number of nitrogens with one attached hydrogen (secondary N) is 4. The van der Waals surface area contributed by atoms with E-state index in [2.05, 4.69) is 53.5 Å². The molecule has 4 aromatic rings. The van der Waals surface area contributed by atoms with Crippen LogP contribution in [0.15, 0.2) is 45.0 Å². The predicted octanol–water partition coefficient (Wildman–Crippen LogP) is -1.02. The fraction of sp³-hybridized carbons (Fsp3) is 0.441. The first-order valence-electron chi connectivity index (χ1n) is 17.5. The van der Waals surface area contributed by atoms with Gasteiger partial charge in [-0.3, -0.25) is 33.5 Å². The number of aliphatic hydroxyl groups is 2. The van der Waals surface area contributed by atoms with Crippen molar-refractivity contribution in [2.24, 2.45) is 0 Å². The maximum absolute atomic E-state index is 12.8. The van der Waals surface area contributed by atoms with Crippen LogP contribution in [0.25, 0.3) is 11.2 Å². The number of methoxy groups -OCH3 is 1. The molecule has 0 bridgehead atoms. The summed E-state index contributed by atoms with van der Waals surface area (Å²) in [5, 5.41) is 30.9. The van der Waals surface area contributed by atoms with Crippen LogP contribution in [0.4, 0.5) is 23.0 Å². The van der Waals surface area contributed by atoms with Crippen LogP contribution in [0, 0.1) is 3.57 Å². The molecule has 2 aliphatic rings. The number of rotatable bonds is 15. The number of carbonyl (C=O) groups is 2. The summed E-state index contributed by atoms with van der Waals surface area (Å²) >= 11 is 8.27. The van der Waals surface area contributed by atoms with Crippen molar-refractivity contribution in [2.75, 3.05) is 94.7 Å². The highest BCUT2D eigenvalue weighted by Gasteiger charge is 2.44. The summed E-state index contributed by atoms with van der Waals surface area (Å²) in [6.45, 7) is 2.77. The number of aromatic amines is 1. The molecule has 0 radical (unpaired) electrons. The number of halogens is 2. The van der Waals surface area contributed by atoms with E-state index in [0.717, 1.165) is 3.57 Å². The fourth-order valence-electron chi connectivity index (χ4n) is 6.38. The molecule has 2 saturated heterocycles. The van der Waals surface area contributed by atoms with E-state index in [1.54, 1.807) is 21.9 Å². The van der Waals surface area contributed by atoms with Gasteiger partial charge in [0.1, 0.15) is 35.4 Å². The lowest BCUT2D eigenvalue weighted by molar-refractivity contribution is -0.135. The Morgan fingerprint density at radius 3 is 2.52 bits per heavy atom. The number of likely N-dealkylation sites (N-methyl/N-ethyl adjacent to an activating group) is 1. The van der Waals surface area contributed by atoms with Crippen LogP contribution >= 0.6 is 34.2 Å². The standard InChI is InChI=1S/C34H41ClIN11O9/c1-44(6-3-4-22(48)45-8-10-46(11-9-45)23(49)15-39-19-13-18(36)17(35)12-20(19)55-2)7-5-38-24-25(29(52)28(24)51)40-14-21-27(50)30(53)33(56-21)47-16-41-26-31(47)42-34(37)43-32(26)54/h3-4,12-13,16,21,27,30,33,38-40,50,53H,5-11,14-15H2,1-2H3,(H3,37,42,43,54)/t21-,27-,30-,33-/m1/s1. The van der Waals surface area contributed by atoms with Crippen molar-refractivity contribution in [3.8, 4) is 5.75 Å². The predicted molar refractivity (Wildman–Crippen MR) is 216 cm³/mol. The number of imidazole rings is 1. The normalized spacial score (nSPS) is 20.1. The second-order valence-corrected chi connectivity index (χ2v) is 14.8. The molecule has 2 amide bonds.